The van der Waals surface area contributed by atoms with Crippen molar-refractivity contribution >= 4 is 23.6 Å². The van der Waals surface area contributed by atoms with E-state index in [2.05, 4.69) is 13.8 Å². The number of ketones is 2. The van der Waals surface area contributed by atoms with Crippen LogP contribution >= 0.6 is 0 Å². The van der Waals surface area contributed by atoms with Gasteiger partial charge in [0.1, 0.15) is 12.0 Å². The van der Waals surface area contributed by atoms with Gasteiger partial charge in [0.25, 0.3) is 0 Å². The quantitative estimate of drug-likeness (QED) is 0.336. The number of esters is 1. The van der Waals surface area contributed by atoms with Crippen molar-refractivity contribution in [1.82, 2.24) is 4.90 Å². The van der Waals surface area contributed by atoms with Crippen molar-refractivity contribution < 1.29 is 38.1 Å². The van der Waals surface area contributed by atoms with Crippen molar-refractivity contribution in [3.8, 4) is 0 Å². The molecule has 2 saturated heterocycles. The van der Waals surface area contributed by atoms with E-state index >= 15 is 0 Å². The standard InChI is InChI=1S/C31H49NO8/c1-12-22-26-23(32(11)30(36)39-26)19(6)24(33)16(3)14-31(9,10)27(20(7)25(34)21(8)28(35)38-22)40-29-18(5)15(2)13-17(4)37-29/h15-18,20-22,26-27,29H,12-14H2,1-11H3/b23-19-/t15-,16+,17+,18+,20-,21+,22+,26+,27+,29?/m0/s1. The number of amides is 1. The van der Waals surface area contributed by atoms with E-state index in [4.69, 9.17) is 18.9 Å². The van der Waals surface area contributed by atoms with Gasteiger partial charge < -0.3 is 18.9 Å². The third-order valence-electron chi connectivity index (χ3n) is 9.30. The number of Topliss-reactive ketones (excluding diaryl/α,β-unsaturated/α-hetero) is 2. The van der Waals surface area contributed by atoms with Gasteiger partial charge in [0, 0.05) is 30.4 Å². The Balaban J connectivity index is 2.09. The Morgan fingerprint density at radius 3 is 2.23 bits per heavy atom. The number of hydrogen-bond donors (Lipinski definition) is 0. The van der Waals surface area contributed by atoms with E-state index in [1.54, 1.807) is 34.7 Å². The highest BCUT2D eigenvalue weighted by atomic mass is 16.7. The lowest BCUT2D eigenvalue weighted by molar-refractivity contribution is -0.267. The van der Waals surface area contributed by atoms with Gasteiger partial charge >= 0.3 is 12.1 Å². The molecule has 0 aromatic carbocycles. The van der Waals surface area contributed by atoms with Crippen LogP contribution < -0.4 is 0 Å². The van der Waals surface area contributed by atoms with Gasteiger partial charge in [-0.1, -0.05) is 48.5 Å². The molecule has 0 radical (unpaired) electrons. The average molecular weight is 564 g/mol. The third-order valence-corrected chi connectivity index (χ3v) is 9.30. The van der Waals surface area contributed by atoms with E-state index in [1.165, 1.54) is 4.90 Å². The Morgan fingerprint density at radius 1 is 1.00 bits per heavy atom. The van der Waals surface area contributed by atoms with Crippen molar-refractivity contribution in [3.63, 3.8) is 0 Å². The van der Waals surface area contributed by atoms with Gasteiger partial charge in [0.2, 0.25) is 0 Å². The van der Waals surface area contributed by atoms with Gasteiger partial charge in [-0.25, -0.2) is 4.79 Å². The van der Waals surface area contributed by atoms with Crippen LogP contribution in [0.25, 0.3) is 0 Å². The van der Waals surface area contributed by atoms with E-state index in [0.717, 1.165) is 6.42 Å². The number of likely N-dealkylation sites (N-methyl/N-ethyl adjacent to an activating group) is 1. The summed E-state index contributed by atoms with van der Waals surface area (Å²) in [4.78, 5) is 54.8. The fraction of sp³-hybridized carbons (Fsp3) is 0.806. The van der Waals surface area contributed by atoms with Crippen molar-refractivity contribution in [3.05, 3.63) is 11.3 Å². The molecule has 0 aliphatic carbocycles. The lowest BCUT2D eigenvalue weighted by Gasteiger charge is -2.45. The lowest BCUT2D eigenvalue weighted by atomic mass is 9.71. The summed E-state index contributed by atoms with van der Waals surface area (Å²) < 4.78 is 24.3. The summed E-state index contributed by atoms with van der Waals surface area (Å²) in [5, 5.41) is 0. The van der Waals surface area contributed by atoms with Gasteiger partial charge in [0.15, 0.2) is 24.0 Å². The zero-order valence-corrected chi connectivity index (χ0v) is 26.1. The largest absolute Gasteiger partial charge is 0.457 e. The molecule has 3 aliphatic heterocycles. The van der Waals surface area contributed by atoms with Crippen LogP contribution in [0, 0.1) is 35.0 Å². The van der Waals surface area contributed by atoms with Gasteiger partial charge in [-0.15, -0.1) is 0 Å². The predicted molar refractivity (Wildman–Crippen MR) is 149 cm³/mol. The topological polar surface area (TPSA) is 108 Å². The van der Waals surface area contributed by atoms with Crippen LogP contribution in [-0.2, 0) is 33.3 Å². The Hall–Kier alpha value is -2.26. The first-order valence-electron chi connectivity index (χ1n) is 14.8. The predicted octanol–water partition coefficient (Wildman–Crippen LogP) is 5.30. The number of allylic oxidation sites excluding steroid dienone is 1. The molecule has 0 N–H and O–H groups in total. The number of rotatable bonds is 3. The fourth-order valence-electron chi connectivity index (χ4n) is 6.71. The maximum absolute atomic E-state index is 13.8. The van der Waals surface area contributed by atoms with Crippen LogP contribution in [0.3, 0.4) is 0 Å². The lowest BCUT2D eigenvalue weighted by Crippen LogP contribution is -2.50. The summed E-state index contributed by atoms with van der Waals surface area (Å²) in [6.45, 7) is 19.0. The first kappa shape index (κ1) is 32.3. The monoisotopic (exact) mass is 563 g/mol. The summed E-state index contributed by atoms with van der Waals surface area (Å²) in [5.41, 5.74) is 0.147. The van der Waals surface area contributed by atoms with Crippen LogP contribution in [-0.4, -0.2) is 66.3 Å². The van der Waals surface area contributed by atoms with Crippen molar-refractivity contribution in [2.75, 3.05) is 7.05 Å². The van der Waals surface area contributed by atoms with Crippen LogP contribution in [0.15, 0.2) is 11.3 Å². The smallest absolute Gasteiger partial charge is 0.414 e. The normalized spacial score (nSPS) is 41.7. The molecule has 3 rings (SSSR count). The Labute approximate surface area is 239 Å². The second-order valence-electron chi connectivity index (χ2n) is 13.1. The number of cyclic esters (lactones) is 1. The highest BCUT2D eigenvalue weighted by Crippen LogP contribution is 2.42. The molecule has 2 fully saturated rings. The molecule has 40 heavy (non-hydrogen) atoms. The van der Waals surface area contributed by atoms with Crippen LogP contribution in [0.1, 0.15) is 88.5 Å². The Kier molecular flexibility index (Phi) is 9.93. The molecule has 0 aromatic heterocycles. The number of carbonyl (C=O) groups excluding carboxylic acids is 4. The number of ether oxygens (including phenoxy) is 4. The summed E-state index contributed by atoms with van der Waals surface area (Å²) >= 11 is 0. The summed E-state index contributed by atoms with van der Waals surface area (Å²) in [7, 11) is 1.55. The van der Waals surface area contributed by atoms with E-state index in [-0.39, 0.29) is 23.6 Å². The minimum absolute atomic E-state index is 0.0137. The van der Waals surface area contributed by atoms with Gasteiger partial charge in [-0.05, 0) is 51.4 Å². The van der Waals surface area contributed by atoms with E-state index in [9.17, 15) is 19.2 Å². The molecular formula is C31H49NO8. The molecule has 3 aliphatic rings. The molecule has 1 unspecified atom stereocenters. The molecule has 0 spiro atoms. The summed E-state index contributed by atoms with van der Waals surface area (Å²) in [6.07, 6.45) is -1.84. The van der Waals surface area contributed by atoms with Crippen LogP contribution in [0.5, 0.6) is 0 Å². The van der Waals surface area contributed by atoms with Crippen molar-refractivity contribution in [1.29, 1.82) is 0 Å². The molecular weight excluding hydrogens is 514 g/mol. The van der Waals surface area contributed by atoms with Gasteiger partial charge in [0.05, 0.1) is 17.9 Å². The molecule has 9 heteroatoms. The molecule has 0 aromatic rings. The fourth-order valence-corrected chi connectivity index (χ4v) is 6.71. The zero-order valence-electron chi connectivity index (χ0n) is 26.1. The Morgan fingerprint density at radius 2 is 1.62 bits per heavy atom. The number of nitrogens with zero attached hydrogens (tertiary/aromatic N) is 1. The maximum atomic E-state index is 13.8. The summed E-state index contributed by atoms with van der Waals surface area (Å²) in [5.74, 6) is -2.81. The van der Waals surface area contributed by atoms with E-state index in [1.807, 2.05) is 27.7 Å². The molecule has 10 atom stereocenters. The highest BCUT2D eigenvalue weighted by Gasteiger charge is 2.48. The number of hydrogen-bond acceptors (Lipinski definition) is 8. The van der Waals surface area contributed by atoms with E-state index < -0.39 is 59.8 Å². The molecule has 0 saturated carbocycles. The zero-order chi connectivity index (χ0) is 30.3. The van der Waals surface area contributed by atoms with Crippen molar-refractivity contribution in [2.45, 2.75) is 119 Å². The minimum Gasteiger partial charge on any atom is -0.457 e. The molecule has 9 nitrogen and oxygen atoms in total. The molecule has 0 bridgehead atoms. The average Bonchev–Trinajstić information content (AvgIpc) is 3.18. The highest BCUT2D eigenvalue weighted by molar-refractivity contribution is 6.00. The second-order valence-corrected chi connectivity index (χ2v) is 13.1. The van der Waals surface area contributed by atoms with Gasteiger partial charge in [-0.3, -0.25) is 19.3 Å². The van der Waals surface area contributed by atoms with Crippen molar-refractivity contribution in [2.24, 2.45) is 35.0 Å². The van der Waals surface area contributed by atoms with Crippen LogP contribution in [0.4, 0.5) is 4.79 Å². The number of fused-ring (bicyclic) bond motifs is 1. The molecule has 226 valence electrons. The third kappa shape index (κ3) is 6.30. The first-order valence-corrected chi connectivity index (χ1v) is 14.8. The number of carbonyl (C=O) groups is 4. The molecule has 3 heterocycles. The molecule has 1 amide bonds. The van der Waals surface area contributed by atoms with Gasteiger partial charge in [-0.2, -0.15) is 0 Å². The second kappa shape index (κ2) is 12.3. The SMILES string of the molecule is CC[C@H]1OC(=O)[C@H](C)C(=O)[C@H](C)[C@@H](OC2O[C@H](C)C[C@H](C)[C@H]2C)C(C)(C)C[C@@H](C)C(=O)/C(C)=C2/[C@@H]1OC(=O)N2C. The Bertz CT molecular complexity index is 1030. The summed E-state index contributed by atoms with van der Waals surface area (Å²) in [6, 6.07) is 0. The van der Waals surface area contributed by atoms with Crippen LogP contribution in [0.2, 0.25) is 0 Å². The first-order chi connectivity index (χ1) is 18.5. The maximum Gasteiger partial charge on any atom is 0.414 e. The minimum atomic E-state index is -1.06. The van der Waals surface area contributed by atoms with E-state index in [0.29, 0.717) is 30.0 Å².